The van der Waals surface area contributed by atoms with Crippen molar-refractivity contribution in [2.75, 3.05) is 12.8 Å². The molecule has 0 aliphatic heterocycles. The van der Waals surface area contributed by atoms with Gasteiger partial charge < -0.3 is 15.0 Å². The molecule has 1 aromatic heterocycles. The van der Waals surface area contributed by atoms with E-state index < -0.39 is 17.6 Å². The van der Waals surface area contributed by atoms with E-state index in [-0.39, 0.29) is 27.1 Å². The number of anilines is 1. The van der Waals surface area contributed by atoms with Crippen molar-refractivity contribution in [3.63, 3.8) is 0 Å². The maximum absolute atomic E-state index is 13.5. The second-order valence-corrected chi connectivity index (χ2v) is 4.86. The number of halogens is 3. The number of carbonyl (C=O) groups is 1. The van der Waals surface area contributed by atoms with Gasteiger partial charge in [-0.15, -0.1) is 0 Å². The molecule has 0 bridgehead atoms. The largest absolute Gasteiger partial charge is 0.464 e. The number of esters is 1. The highest BCUT2D eigenvalue weighted by atomic mass is 79.9. The Morgan fingerprint density at radius 1 is 1.48 bits per heavy atom. The molecule has 2 rings (SSSR count). The normalized spacial score (nSPS) is 10.2. The molecule has 0 aliphatic rings. The maximum Gasteiger partial charge on any atom is 0.357 e. The number of nitrogens with zero attached hydrogens (tertiary/aromatic N) is 2. The lowest BCUT2D eigenvalue weighted by Crippen LogP contribution is -2.11. The Labute approximate surface area is 126 Å². The number of aromatic nitrogens is 1. The van der Waals surface area contributed by atoms with Crippen LogP contribution in [-0.4, -0.2) is 17.6 Å². The van der Waals surface area contributed by atoms with E-state index in [0.717, 1.165) is 13.2 Å². The van der Waals surface area contributed by atoms with Gasteiger partial charge in [0.15, 0.2) is 17.3 Å². The minimum Gasteiger partial charge on any atom is -0.464 e. The van der Waals surface area contributed by atoms with Gasteiger partial charge in [-0.25, -0.2) is 13.6 Å². The first kappa shape index (κ1) is 15.0. The molecule has 8 heteroatoms. The van der Waals surface area contributed by atoms with Crippen LogP contribution in [0.3, 0.4) is 0 Å². The Hall–Kier alpha value is -2.40. The number of rotatable bonds is 2. The Morgan fingerprint density at radius 3 is 2.67 bits per heavy atom. The summed E-state index contributed by atoms with van der Waals surface area (Å²) < 4.78 is 32.4. The summed E-state index contributed by atoms with van der Waals surface area (Å²) in [6, 6.07) is 3.95. The van der Waals surface area contributed by atoms with Crippen molar-refractivity contribution in [2.24, 2.45) is 0 Å². The summed E-state index contributed by atoms with van der Waals surface area (Å²) in [6.45, 7) is 0. The number of nitrogens with two attached hydrogens (primary N) is 1. The molecule has 0 aliphatic carbocycles. The van der Waals surface area contributed by atoms with Crippen molar-refractivity contribution < 1.29 is 18.3 Å². The molecule has 108 valence electrons. The SMILES string of the molecule is COC(=O)c1c(N)c(C#N)cn1-c1cc(F)c(F)c(Br)c1. The molecule has 0 amide bonds. The third-order valence-electron chi connectivity index (χ3n) is 2.79. The van der Waals surface area contributed by atoms with Gasteiger partial charge in [-0.2, -0.15) is 5.26 Å². The lowest BCUT2D eigenvalue weighted by molar-refractivity contribution is 0.0593. The lowest BCUT2D eigenvalue weighted by atomic mass is 10.2. The second-order valence-electron chi connectivity index (χ2n) is 4.00. The molecule has 2 N–H and O–H groups in total. The number of ether oxygens (including phenoxy) is 1. The Kier molecular flexibility index (Phi) is 3.95. The van der Waals surface area contributed by atoms with Crippen LogP contribution in [0.25, 0.3) is 5.69 Å². The third-order valence-corrected chi connectivity index (χ3v) is 3.37. The topological polar surface area (TPSA) is 81.0 Å². The highest BCUT2D eigenvalue weighted by Crippen LogP contribution is 2.28. The van der Waals surface area contributed by atoms with Crippen molar-refractivity contribution in [1.82, 2.24) is 4.57 Å². The Morgan fingerprint density at radius 2 is 2.14 bits per heavy atom. The molecule has 0 saturated heterocycles. The van der Waals surface area contributed by atoms with Gasteiger partial charge in [0.25, 0.3) is 0 Å². The van der Waals surface area contributed by atoms with Crippen molar-refractivity contribution in [3.8, 4) is 11.8 Å². The molecule has 5 nitrogen and oxygen atoms in total. The third kappa shape index (κ3) is 2.48. The number of hydrogen-bond donors (Lipinski definition) is 1. The molecule has 1 aromatic carbocycles. The fourth-order valence-electron chi connectivity index (χ4n) is 1.80. The van der Waals surface area contributed by atoms with Crippen LogP contribution in [0.5, 0.6) is 0 Å². The van der Waals surface area contributed by atoms with E-state index in [2.05, 4.69) is 20.7 Å². The molecule has 21 heavy (non-hydrogen) atoms. The first-order valence-electron chi connectivity index (χ1n) is 5.54. The predicted molar refractivity (Wildman–Crippen MR) is 73.9 cm³/mol. The molecule has 0 radical (unpaired) electrons. The minimum absolute atomic E-state index is 0.0243. The summed E-state index contributed by atoms with van der Waals surface area (Å²) in [5.41, 5.74) is 5.63. The van der Waals surface area contributed by atoms with Crippen LogP contribution in [0, 0.1) is 23.0 Å². The van der Waals surface area contributed by atoms with Gasteiger partial charge in [0.1, 0.15) is 6.07 Å². The molecule has 2 aromatic rings. The quantitative estimate of drug-likeness (QED) is 0.663. The van der Waals surface area contributed by atoms with E-state index in [0.29, 0.717) is 0 Å². The Balaban J connectivity index is 2.75. The first-order valence-corrected chi connectivity index (χ1v) is 6.34. The first-order chi connectivity index (χ1) is 9.90. The fraction of sp³-hybridized carbons (Fsp3) is 0.0769. The van der Waals surface area contributed by atoms with Gasteiger partial charge in [-0.3, -0.25) is 0 Å². The minimum atomic E-state index is -1.11. The molecule has 0 atom stereocenters. The van der Waals surface area contributed by atoms with Gasteiger partial charge in [0.2, 0.25) is 0 Å². The molecule has 0 spiro atoms. The van der Waals surface area contributed by atoms with E-state index in [1.54, 1.807) is 0 Å². The second kappa shape index (κ2) is 5.54. The van der Waals surface area contributed by atoms with Crippen molar-refractivity contribution in [1.29, 1.82) is 5.26 Å². The number of nitriles is 1. The summed E-state index contributed by atoms with van der Waals surface area (Å²) in [5, 5.41) is 8.97. The average Bonchev–Trinajstić information content (AvgIpc) is 2.80. The Bertz CT molecular complexity index is 757. The monoisotopic (exact) mass is 355 g/mol. The smallest absolute Gasteiger partial charge is 0.357 e. The molecular formula is C13H8BrF2N3O2. The summed E-state index contributed by atoms with van der Waals surface area (Å²) in [4.78, 5) is 11.8. The van der Waals surface area contributed by atoms with E-state index in [1.165, 1.54) is 16.8 Å². The van der Waals surface area contributed by atoms with Crippen LogP contribution in [0.1, 0.15) is 16.1 Å². The standard InChI is InChI=1S/C13H8BrF2N3O2/c1-21-13(20)12-11(18)6(4-17)5-19(12)7-2-8(14)10(16)9(15)3-7/h2-3,5H,18H2,1H3. The van der Waals surface area contributed by atoms with Crippen LogP contribution in [0.4, 0.5) is 14.5 Å². The number of benzene rings is 1. The van der Waals surface area contributed by atoms with Crippen molar-refractivity contribution in [3.05, 3.63) is 45.7 Å². The summed E-state index contributed by atoms with van der Waals surface area (Å²) in [6.07, 6.45) is 1.25. The van der Waals surface area contributed by atoms with Crippen LogP contribution in [-0.2, 0) is 4.74 Å². The van der Waals surface area contributed by atoms with Gasteiger partial charge in [-0.1, -0.05) is 0 Å². The van der Waals surface area contributed by atoms with Gasteiger partial charge in [0.05, 0.1) is 28.5 Å². The summed E-state index contributed by atoms with van der Waals surface area (Å²) in [7, 11) is 1.15. The number of nitrogen functional groups attached to an aromatic ring is 1. The van der Waals surface area contributed by atoms with Gasteiger partial charge >= 0.3 is 5.97 Å². The number of carbonyl (C=O) groups excluding carboxylic acids is 1. The van der Waals surface area contributed by atoms with E-state index in [9.17, 15) is 13.6 Å². The summed E-state index contributed by atoms with van der Waals surface area (Å²) in [5.74, 6) is -2.96. The number of hydrogen-bond acceptors (Lipinski definition) is 4. The lowest BCUT2D eigenvalue weighted by Gasteiger charge is -2.09. The zero-order chi connectivity index (χ0) is 15.7. The fourth-order valence-corrected chi connectivity index (χ4v) is 2.22. The van der Waals surface area contributed by atoms with Crippen LogP contribution in [0.2, 0.25) is 0 Å². The maximum atomic E-state index is 13.5. The molecular weight excluding hydrogens is 348 g/mol. The number of methoxy groups -OCH3 is 1. The van der Waals surface area contributed by atoms with E-state index in [4.69, 9.17) is 11.0 Å². The van der Waals surface area contributed by atoms with Gasteiger partial charge in [-0.05, 0) is 22.0 Å². The molecule has 0 fully saturated rings. The zero-order valence-corrected chi connectivity index (χ0v) is 12.2. The van der Waals surface area contributed by atoms with Crippen LogP contribution in [0.15, 0.2) is 22.8 Å². The van der Waals surface area contributed by atoms with E-state index in [1.807, 2.05) is 6.07 Å². The summed E-state index contributed by atoms with van der Waals surface area (Å²) >= 11 is 2.87. The van der Waals surface area contributed by atoms with Crippen LogP contribution >= 0.6 is 15.9 Å². The zero-order valence-electron chi connectivity index (χ0n) is 10.7. The highest BCUT2D eigenvalue weighted by Gasteiger charge is 2.22. The highest BCUT2D eigenvalue weighted by molar-refractivity contribution is 9.10. The molecule has 1 heterocycles. The predicted octanol–water partition coefficient (Wildman–Crippen LogP) is 2.76. The van der Waals surface area contributed by atoms with Crippen LogP contribution < -0.4 is 5.73 Å². The molecule has 0 unspecified atom stereocenters. The van der Waals surface area contributed by atoms with E-state index >= 15 is 0 Å². The van der Waals surface area contributed by atoms with Gasteiger partial charge in [0, 0.05) is 12.3 Å². The average molecular weight is 356 g/mol. The van der Waals surface area contributed by atoms with Crippen molar-refractivity contribution >= 4 is 27.6 Å². The van der Waals surface area contributed by atoms with Crippen molar-refractivity contribution in [2.45, 2.75) is 0 Å². The molecule has 0 saturated carbocycles.